The smallest absolute Gasteiger partial charge is 0.153 e. The van der Waals surface area contributed by atoms with Crippen LogP contribution in [-0.2, 0) is 13.2 Å². The number of benzene rings is 3. The van der Waals surface area contributed by atoms with Gasteiger partial charge in [0.15, 0.2) is 6.29 Å². The minimum absolute atomic E-state index is 0.212. The molecule has 0 bridgehead atoms. The summed E-state index contributed by atoms with van der Waals surface area (Å²) in [5.74, 6) is 0.486. The normalized spacial score (nSPS) is 10.4. The Bertz CT molecular complexity index is 1360. The van der Waals surface area contributed by atoms with Gasteiger partial charge in [0.2, 0.25) is 0 Å². The van der Waals surface area contributed by atoms with Gasteiger partial charge in [-0.2, -0.15) is 5.26 Å². The van der Waals surface area contributed by atoms with Gasteiger partial charge in [-0.3, -0.25) is 9.78 Å². The molecule has 0 spiro atoms. The zero-order valence-corrected chi connectivity index (χ0v) is 19.2. The van der Waals surface area contributed by atoms with E-state index in [1.54, 1.807) is 12.3 Å². The highest BCUT2D eigenvalue weighted by Gasteiger charge is 2.11. The molecular weight excluding hydrogens is 422 g/mol. The Morgan fingerprint density at radius 3 is 2.62 bits per heavy atom. The van der Waals surface area contributed by atoms with Crippen LogP contribution in [0.15, 0.2) is 79.1 Å². The zero-order valence-electron chi connectivity index (χ0n) is 19.2. The molecule has 0 unspecified atom stereocenters. The second-order valence-electron chi connectivity index (χ2n) is 8.11. The molecule has 5 nitrogen and oxygen atoms in total. The molecule has 0 saturated heterocycles. The average Bonchev–Trinajstić information content (AvgIpc) is 2.88. The number of rotatable bonds is 8. The molecule has 0 aliphatic rings. The summed E-state index contributed by atoms with van der Waals surface area (Å²) in [5, 5.41) is 12.6. The molecule has 1 N–H and O–H groups in total. The number of aryl methyl sites for hydroxylation is 1. The largest absolute Gasteiger partial charge is 0.488 e. The van der Waals surface area contributed by atoms with Gasteiger partial charge in [-0.15, -0.1) is 0 Å². The van der Waals surface area contributed by atoms with Crippen LogP contribution in [0.1, 0.15) is 38.2 Å². The van der Waals surface area contributed by atoms with Crippen molar-refractivity contribution in [3.63, 3.8) is 0 Å². The predicted octanol–water partition coefficient (Wildman–Crippen LogP) is 6.24. The number of carbonyl (C=O) groups is 1. The van der Waals surface area contributed by atoms with Gasteiger partial charge < -0.3 is 10.1 Å². The predicted molar refractivity (Wildman–Crippen MR) is 134 cm³/mol. The fraction of sp³-hybridized carbons (Fsp3) is 0.138. The molecule has 5 heteroatoms. The average molecular weight is 448 g/mol. The van der Waals surface area contributed by atoms with Crippen LogP contribution < -0.4 is 10.1 Å². The van der Waals surface area contributed by atoms with Gasteiger partial charge in [0.25, 0.3) is 0 Å². The first-order valence-corrected chi connectivity index (χ1v) is 11.0. The van der Waals surface area contributed by atoms with Gasteiger partial charge in [0, 0.05) is 36.3 Å². The molecule has 4 rings (SSSR count). The van der Waals surface area contributed by atoms with E-state index in [2.05, 4.69) is 53.6 Å². The van der Waals surface area contributed by atoms with Gasteiger partial charge >= 0.3 is 0 Å². The SMILES string of the molecule is Cc1cc(C=O)c(OCc2cncc(C#N)c2)cc1NCc1cccc(-c2ccccc2)c1C. The van der Waals surface area contributed by atoms with E-state index in [1.165, 1.54) is 28.5 Å². The van der Waals surface area contributed by atoms with Crippen molar-refractivity contribution >= 4 is 12.0 Å². The quantitative estimate of drug-likeness (QED) is 0.324. The number of hydrogen-bond acceptors (Lipinski definition) is 5. The Labute approximate surface area is 199 Å². The fourth-order valence-corrected chi connectivity index (χ4v) is 3.90. The molecule has 0 amide bonds. The molecule has 1 heterocycles. The summed E-state index contributed by atoms with van der Waals surface area (Å²) in [6.45, 7) is 4.96. The minimum atomic E-state index is 0.212. The van der Waals surface area contributed by atoms with Crippen LogP contribution in [0.4, 0.5) is 5.69 Å². The van der Waals surface area contributed by atoms with Gasteiger partial charge in [0.1, 0.15) is 18.4 Å². The van der Waals surface area contributed by atoms with Crippen molar-refractivity contribution in [2.45, 2.75) is 27.0 Å². The van der Waals surface area contributed by atoms with Crippen LogP contribution >= 0.6 is 0 Å². The number of aldehydes is 1. The molecule has 0 saturated carbocycles. The Hall–Kier alpha value is -4.43. The summed E-state index contributed by atoms with van der Waals surface area (Å²) in [4.78, 5) is 15.7. The maximum Gasteiger partial charge on any atom is 0.153 e. The molecule has 0 aliphatic carbocycles. The molecule has 0 aliphatic heterocycles. The third kappa shape index (κ3) is 5.13. The third-order valence-electron chi connectivity index (χ3n) is 5.80. The molecule has 168 valence electrons. The Kier molecular flexibility index (Phi) is 7.00. The maximum absolute atomic E-state index is 11.6. The fourth-order valence-electron chi connectivity index (χ4n) is 3.90. The first kappa shape index (κ1) is 22.8. The second-order valence-corrected chi connectivity index (χ2v) is 8.11. The summed E-state index contributed by atoms with van der Waals surface area (Å²) in [6, 6.07) is 24.2. The van der Waals surface area contributed by atoms with E-state index in [0.29, 0.717) is 23.4 Å². The van der Waals surface area contributed by atoms with Crippen LogP contribution in [0.5, 0.6) is 5.75 Å². The highest BCUT2D eigenvalue weighted by molar-refractivity contribution is 5.82. The minimum Gasteiger partial charge on any atom is -0.488 e. The van der Waals surface area contributed by atoms with Crippen LogP contribution in [0.2, 0.25) is 0 Å². The number of nitrogens with one attached hydrogen (secondary N) is 1. The van der Waals surface area contributed by atoms with E-state index in [1.807, 2.05) is 37.3 Å². The van der Waals surface area contributed by atoms with E-state index in [4.69, 9.17) is 10.00 Å². The first-order valence-electron chi connectivity index (χ1n) is 11.0. The lowest BCUT2D eigenvalue weighted by molar-refractivity contribution is 0.111. The lowest BCUT2D eigenvalue weighted by Crippen LogP contribution is -2.06. The van der Waals surface area contributed by atoms with Crippen molar-refractivity contribution in [1.29, 1.82) is 5.26 Å². The highest BCUT2D eigenvalue weighted by Crippen LogP contribution is 2.29. The van der Waals surface area contributed by atoms with Crippen LogP contribution in [-0.4, -0.2) is 11.3 Å². The monoisotopic (exact) mass is 447 g/mol. The highest BCUT2D eigenvalue weighted by atomic mass is 16.5. The molecule has 1 aromatic heterocycles. The summed E-state index contributed by atoms with van der Waals surface area (Å²) in [7, 11) is 0. The van der Waals surface area contributed by atoms with Crippen molar-refractivity contribution in [1.82, 2.24) is 4.98 Å². The summed E-state index contributed by atoms with van der Waals surface area (Å²) in [6.07, 6.45) is 3.95. The Morgan fingerprint density at radius 2 is 1.85 bits per heavy atom. The molecule has 34 heavy (non-hydrogen) atoms. The van der Waals surface area contributed by atoms with Gasteiger partial charge in [-0.05, 0) is 53.8 Å². The standard InChI is InChI=1S/C29H25N3O2/c1-20-11-26(18-33)29(34-19-23-12-22(14-30)15-31-16-23)13-28(20)32-17-25-9-6-10-27(21(25)2)24-7-4-3-5-8-24/h3-13,15-16,18,32H,17,19H2,1-2H3. The Morgan fingerprint density at radius 1 is 1.03 bits per heavy atom. The van der Waals surface area contributed by atoms with Crippen molar-refractivity contribution < 1.29 is 9.53 Å². The molecule has 0 atom stereocenters. The number of nitriles is 1. The van der Waals surface area contributed by atoms with Gasteiger partial charge in [-0.25, -0.2) is 0 Å². The zero-order chi connectivity index (χ0) is 23.9. The van der Waals surface area contributed by atoms with E-state index >= 15 is 0 Å². The lowest BCUT2D eigenvalue weighted by Gasteiger charge is -2.17. The third-order valence-corrected chi connectivity index (χ3v) is 5.80. The second kappa shape index (κ2) is 10.5. The van der Waals surface area contributed by atoms with Gasteiger partial charge in [0.05, 0.1) is 11.1 Å². The molecular formula is C29H25N3O2. The van der Waals surface area contributed by atoms with Gasteiger partial charge in [-0.1, -0.05) is 48.5 Å². The summed E-state index contributed by atoms with van der Waals surface area (Å²) >= 11 is 0. The lowest BCUT2D eigenvalue weighted by atomic mass is 9.96. The van der Waals surface area contributed by atoms with E-state index < -0.39 is 0 Å². The summed E-state index contributed by atoms with van der Waals surface area (Å²) in [5.41, 5.74) is 8.40. The van der Waals surface area contributed by atoms with Crippen molar-refractivity contribution in [3.8, 4) is 22.9 Å². The number of carbonyl (C=O) groups excluding carboxylic acids is 1. The number of anilines is 1. The number of pyridine rings is 1. The van der Waals surface area contributed by atoms with Crippen molar-refractivity contribution in [2.75, 3.05) is 5.32 Å². The van der Waals surface area contributed by atoms with Crippen molar-refractivity contribution in [2.24, 2.45) is 0 Å². The number of ether oxygens (including phenoxy) is 1. The number of nitrogens with zero attached hydrogens (tertiary/aromatic N) is 2. The number of aromatic nitrogens is 1. The van der Waals surface area contributed by atoms with Crippen LogP contribution in [0.3, 0.4) is 0 Å². The van der Waals surface area contributed by atoms with E-state index in [0.717, 1.165) is 23.1 Å². The molecule has 4 aromatic rings. The van der Waals surface area contributed by atoms with Crippen molar-refractivity contribution in [3.05, 3.63) is 113 Å². The van der Waals surface area contributed by atoms with Crippen LogP contribution in [0, 0.1) is 25.2 Å². The molecule has 3 aromatic carbocycles. The topological polar surface area (TPSA) is 75.0 Å². The van der Waals surface area contributed by atoms with E-state index in [-0.39, 0.29) is 6.61 Å². The molecule has 0 fully saturated rings. The first-order chi connectivity index (χ1) is 16.6. The molecule has 0 radical (unpaired) electrons. The maximum atomic E-state index is 11.6. The summed E-state index contributed by atoms with van der Waals surface area (Å²) < 4.78 is 5.94. The Balaban J connectivity index is 1.54. The van der Waals surface area contributed by atoms with Crippen LogP contribution in [0.25, 0.3) is 11.1 Å². The van der Waals surface area contributed by atoms with E-state index in [9.17, 15) is 4.79 Å². The number of hydrogen-bond donors (Lipinski definition) is 1.